The molecule has 0 saturated heterocycles. The minimum Gasteiger partial charge on any atom is -0.356 e. The molecule has 0 aliphatic carbocycles. The van der Waals surface area contributed by atoms with Crippen molar-refractivity contribution >= 4 is 28.4 Å². The van der Waals surface area contributed by atoms with Crippen molar-refractivity contribution in [3.8, 4) is 0 Å². The molecule has 0 aliphatic rings. The van der Waals surface area contributed by atoms with Crippen LogP contribution in [-0.2, 0) is 17.2 Å². The lowest BCUT2D eigenvalue weighted by molar-refractivity contribution is 0.647. The van der Waals surface area contributed by atoms with Gasteiger partial charge in [0.05, 0.1) is 0 Å². The molecule has 6 heteroatoms. The number of nitrogens with one attached hydrogen (secondary N) is 2. The van der Waals surface area contributed by atoms with Crippen molar-refractivity contribution < 1.29 is 4.21 Å². The van der Waals surface area contributed by atoms with Crippen LogP contribution in [-0.4, -0.2) is 40.8 Å². The third-order valence-corrected chi connectivity index (χ3v) is 5.44. The lowest BCUT2D eigenvalue weighted by atomic mass is 10.1. The number of rotatable bonds is 6. The van der Waals surface area contributed by atoms with Gasteiger partial charge in [0.1, 0.15) is 0 Å². The fraction of sp³-hybridized carbons (Fsp3) is 0.562. The van der Waals surface area contributed by atoms with Crippen LogP contribution in [0.2, 0.25) is 5.02 Å². The smallest absolute Gasteiger partial charge is 0.191 e. The van der Waals surface area contributed by atoms with Gasteiger partial charge in [0.15, 0.2) is 5.96 Å². The molecule has 1 rings (SSSR count). The summed E-state index contributed by atoms with van der Waals surface area (Å²) in [6, 6.07) is 7.82. The normalized spacial score (nSPS) is 13.8. The van der Waals surface area contributed by atoms with E-state index in [9.17, 15) is 4.21 Å². The van der Waals surface area contributed by atoms with Gasteiger partial charge in [-0.25, -0.2) is 0 Å². The number of hydrogen-bond donors (Lipinski definition) is 2. The number of nitrogens with zero attached hydrogens (tertiary/aromatic N) is 1. The second-order valence-corrected chi connectivity index (χ2v) is 8.66. The van der Waals surface area contributed by atoms with E-state index in [1.165, 1.54) is 0 Å². The van der Waals surface area contributed by atoms with Crippen molar-refractivity contribution in [1.82, 2.24) is 10.6 Å². The Kier molecular flexibility index (Phi) is 7.90. The largest absolute Gasteiger partial charge is 0.356 e. The monoisotopic (exact) mass is 343 g/mol. The predicted molar refractivity (Wildman–Crippen MR) is 97.3 cm³/mol. The molecule has 0 saturated carbocycles. The zero-order chi connectivity index (χ0) is 16.6. The maximum absolute atomic E-state index is 12.0. The Balaban J connectivity index is 2.32. The Morgan fingerprint density at radius 1 is 1.23 bits per heavy atom. The van der Waals surface area contributed by atoms with E-state index in [1.54, 1.807) is 7.05 Å². The van der Waals surface area contributed by atoms with Gasteiger partial charge in [0.25, 0.3) is 0 Å². The Bertz CT molecular complexity index is 526. The van der Waals surface area contributed by atoms with Gasteiger partial charge in [-0.15, -0.1) is 0 Å². The SMILES string of the molecule is CN=C(NCCc1ccccc1Cl)NCCS(=O)C(C)(C)C. The minimum absolute atomic E-state index is 0.178. The molecule has 2 N–H and O–H groups in total. The molecule has 0 aromatic heterocycles. The summed E-state index contributed by atoms with van der Waals surface area (Å²) in [6.07, 6.45) is 0.828. The summed E-state index contributed by atoms with van der Waals surface area (Å²) in [4.78, 5) is 4.16. The molecule has 22 heavy (non-hydrogen) atoms. The highest BCUT2D eigenvalue weighted by Crippen LogP contribution is 2.14. The molecular weight excluding hydrogens is 318 g/mol. The number of guanidine groups is 1. The van der Waals surface area contributed by atoms with Gasteiger partial charge in [-0.05, 0) is 38.8 Å². The molecule has 1 atom stereocenters. The molecular formula is C16H26ClN3OS. The average molecular weight is 344 g/mol. The van der Waals surface area contributed by atoms with Crippen molar-refractivity contribution in [2.45, 2.75) is 31.9 Å². The Morgan fingerprint density at radius 2 is 1.86 bits per heavy atom. The van der Waals surface area contributed by atoms with Crippen LogP contribution in [0.15, 0.2) is 29.3 Å². The van der Waals surface area contributed by atoms with Gasteiger partial charge >= 0.3 is 0 Å². The van der Waals surface area contributed by atoms with E-state index in [2.05, 4.69) is 15.6 Å². The van der Waals surface area contributed by atoms with Gasteiger partial charge < -0.3 is 10.6 Å². The molecule has 0 bridgehead atoms. The maximum Gasteiger partial charge on any atom is 0.191 e. The van der Waals surface area contributed by atoms with Crippen LogP contribution in [0, 0.1) is 0 Å². The summed E-state index contributed by atoms with van der Waals surface area (Å²) in [6.45, 7) is 7.33. The van der Waals surface area contributed by atoms with Crippen molar-refractivity contribution in [2.75, 3.05) is 25.9 Å². The molecule has 1 unspecified atom stereocenters. The number of hydrogen-bond acceptors (Lipinski definition) is 2. The summed E-state index contributed by atoms with van der Waals surface area (Å²) in [7, 11) is 0.871. The number of halogens is 1. The quantitative estimate of drug-likeness (QED) is 0.616. The lowest BCUT2D eigenvalue weighted by Gasteiger charge is -2.18. The van der Waals surface area contributed by atoms with Gasteiger partial charge in [0, 0.05) is 46.5 Å². The first-order valence-corrected chi connectivity index (χ1v) is 9.10. The van der Waals surface area contributed by atoms with E-state index in [4.69, 9.17) is 11.6 Å². The fourth-order valence-electron chi connectivity index (χ4n) is 1.81. The highest BCUT2D eigenvalue weighted by atomic mass is 35.5. The fourth-order valence-corrected chi connectivity index (χ4v) is 2.94. The molecule has 0 spiro atoms. The van der Waals surface area contributed by atoms with Crippen LogP contribution in [0.3, 0.4) is 0 Å². The van der Waals surface area contributed by atoms with Crippen LogP contribution in [0.1, 0.15) is 26.3 Å². The maximum atomic E-state index is 12.0. The molecule has 4 nitrogen and oxygen atoms in total. The van der Waals surface area contributed by atoms with Crippen molar-refractivity contribution in [3.63, 3.8) is 0 Å². The van der Waals surface area contributed by atoms with Gasteiger partial charge in [0.2, 0.25) is 0 Å². The van der Waals surface area contributed by atoms with Crippen LogP contribution < -0.4 is 10.6 Å². The Hall–Kier alpha value is -1.07. The van der Waals surface area contributed by atoms with Gasteiger partial charge in [-0.3, -0.25) is 9.20 Å². The van der Waals surface area contributed by atoms with E-state index in [-0.39, 0.29) is 4.75 Å². The molecule has 0 heterocycles. The van der Waals surface area contributed by atoms with Crippen molar-refractivity contribution in [2.24, 2.45) is 4.99 Å². The van der Waals surface area contributed by atoms with E-state index in [0.29, 0.717) is 12.3 Å². The molecule has 0 radical (unpaired) electrons. The van der Waals surface area contributed by atoms with E-state index >= 15 is 0 Å². The predicted octanol–water partition coefficient (Wildman–Crippen LogP) is 2.59. The van der Waals surface area contributed by atoms with Crippen LogP contribution in [0.25, 0.3) is 0 Å². The summed E-state index contributed by atoms with van der Waals surface area (Å²) in [5.41, 5.74) is 1.11. The first-order valence-electron chi connectivity index (χ1n) is 7.41. The number of benzene rings is 1. The summed E-state index contributed by atoms with van der Waals surface area (Å²) in [5.74, 6) is 1.33. The Morgan fingerprint density at radius 3 is 2.45 bits per heavy atom. The third kappa shape index (κ3) is 6.79. The van der Waals surface area contributed by atoms with Crippen LogP contribution >= 0.6 is 11.6 Å². The highest BCUT2D eigenvalue weighted by molar-refractivity contribution is 7.86. The molecule has 0 aliphatic heterocycles. The Labute approximate surface area is 141 Å². The zero-order valence-corrected chi connectivity index (χ0v) is 15.4. The van der Waals surface area contributed by atoms with Crippen molar-refractivity contribution in [3.05, 3.63) is 34.9 Å². The third-order valence-electron chi connectivity index (χ3n) is 3.13. The second-order valence-electron chi connectivity index (χ2n) is 5.93. The molecule has 0 amide bonds. The molecule has 1 aromatic rings. The standard InChI is InChI=1S/C16H26ClN3OS/c1-16(2,3)22(21)12-11-20-15(18-4)19-10-9-13-7-5-6-8-14(13)17/h5-8H,9-12H2,1-4H3,(H2,18,19,20). The topological polar surface area (TPSA) is 53.5 Å². The van der Waals surface area contributed by atoms with Crippen molar-refractivity contribution in [1.29, 1.82) is 0 Å². The first-order chi connectivity index (χ1) is 10.3. The second kappa shape index (κ2) is 9.16. The molecule has 0 fully saturated rings. The molecule has 124 valence electrons. The van der Waals surface area contributed by atoms with Gasteiger partial charge in [-0.1, -0.05) is 29.8 Å². The number of aliphatic imine (C=N–C) groups is 1. The highest BCUT2D eigenvalue weighted by Gasteiger charge is 2.18. The van der Waals surface area contributed by atoms with Gasteiger partial charge in [-0.2, -0.15) is 0 Å². The summed E-state index contributed by atoms with van der Waals surface area (Å²) >= 11 is 6.13. The van der Waals surface area contributed by atoms with E-state index < -0.39 is 10.8 Å². The summed E-state index contributed by atoms with van der Waals surface area (Å²) in [5, 5.41) is 7.21. The zero-order valence-electron chi connectivity index (χ0n) is 13.8. The average Bonchev–Trinajstić information content (AvgIpc) is 2.46. The lowest BCUT2D eigenvalue weighted by Crippen LogP contribution is -2.41. The summed E-state index contributed by atoms with van der Waals surface area (Å²) < 4.78 is 11.8. The first kappa shape index (κ1) is 19.0. The van der Waals surface area contributed by atoms with E-state index in [0.717, 1.165) is 29.5 Å². The minimum atomic E-state index is -0.857. The van der Waals surface area contributed by atoms with Crippen LogP contribution in [0.4, 0.5) is 0 Å². The van der Waals surface area contributed by atoms with E-state index in [1.807, 2.05) is 45.0 Å². The molecule has 1 aromatic carbocycles. The van der Waals surface area contributed by atoms with Crippen LogP contribution in [0.5, 0.6) is 0 Å².